The molecule has 2 nitrogen and oxygen atoms in total. The van der Waals surface area contributed by atoms with Gasteiger partial charge in [-0.25, -0.2) is 0 Å². The topological polar surface area (TPSA) is 49.8 Å². The summed E-state index contributed by atoms with van der Waals surface area (Å²) >= 11 is 0. The van der Waals surface area contributed by atoms with Crippen LogP contribution < -0.4 is 5.73 Å². The molecule has 1 rings (SSSR count). The summed E-state index contributed by atoms with van der Waals surface area (Å²) in [6.45, 7) is 4.00. The van der Waals surface area contributed by atoms with E-state index < -0.39 is 0 Å². The van der Waals surface area contributed by atoms with Gasteiger partial charge >= 0.3 is 0 Å². The van der Waals surface area contributed by atoms with Crippen LogP contribution in [0.1, 0.15) is 60.2 Å². The van der Waals surface area contributed by atoms with Crippen LogP contribution >= 0.6 is 0 Å². The zero-order valence-corrected chi connectivity index (χ0v) is 9.63. The Morgan fingerprint density at radius 2 is 1.93 bits per heavy atom. The van der Waals surface area contributed by atoms with Crippen LogP contribution in [0.5, 0.6) is 0 Å². The lowest BCUT2D eigenvalue weighted by Gasteiger charge is -2.21. The van der Waals surface area contributed by atoms with Crippen LogP contribution in [-0.4, -0.2) is 6.04 Å². The Balaban J connectivity index is 0. The third kappa shape index (κ3) is 5.99. The summed E-state index contributed by atoms with van der Waals surface area (Å²) in [4.78, 5) is 0. The maximum absolute atomic E-state index is 8.49. The molecule has 2 N–H and O–H groups in total. The molecule has 0 bridgehead atoms. The molecule has 1 saturated carbocycles. The van der Waals surface area contributed by atoms with Gasteiger partial charge in [-0.3, -0.25) is 0 Å². The highest BCUT2D eigenvalue weighted by atomic mass is 14.6. The molecule has 0 radical (unpaired) electrons. The predicted octanol–water partition coefficient (Wildman–Crippen LogP) is 3.47. The minimum Gasteiger partial charge on any atom is -0.316 e. The standard InChI is InChI=1S/C10H18N2.C2H6.H2/c11-8-10(12)7-6-9-4-2-1-3-5-9;1-2;/h9-10H,1-7,12H2;1-2H3;1H. The van der Waals surface area contributed by atoms with E-state index in [9.17, 15) is 0 Å². The van der Waals surface area contributed by atoms with Gasteiger partial charge in [0.15, 0.2) is 0 Å². The SMILES string of the molecule is CC.N#CC(N)CCC1CCCCC1.[HH]. The number of nitrogens with zero attached hydrogens (tertiary/aromatic N) is 1. The van der Waals surface area contributed by atoms with Gasteiger partial charge in [-0.1, -0.05) is 46.0 Å². The third-order valence-corrected chi connectivity index (χ3v) is 2.78. The highest BCUT2D eigenvalue weighted by molar-refractivity contribution is 4.86. The lowest BCUT2D eigenvalue weighted by molar-refractivity contribution is 0.329. The molecule has 84 valence electrons. The molecule has 0 aromatic carbocycles. The van der Waals surface area contributed by atoms with Gasteiger partial charge in [-0.15, -0.1) is 0 Å². The molecule has 0 aromatic heterocycles. The van der Waals surface area contributed by atoms with Crippen molar-refractivity contribution in [3.8, 4) is 6.07 Å². The van der Waals surface area contributed by atoms with Crippen LogP contribution in [0.15, 0.2) is 0 Å². The van der Waals surface area contributed by atoms with E-state index in [1.807, 2.05) is 13.8 Å². The summed E-state index contributed by atoms with van der Waals surface area (Å²) < 4.78 is 0. The number of hydrogen-bond donors (Lipinski definition) is 1. The molecule has 0 aromatic rings. The first-order valence-electron chi connectivity index (χ1n) is 5.98. The maximum Gasteiger partial charge on any atom is 0.0928 e. The summed E-state index contributed by atoms with van der Waals surface area (Å²) in [6.07, 6.45) is 8.94. The Kier molecular flexibility index (Phi) is 8.67. The molecule has 0 saturated heterocycles. The molecule has 1 aliphatic rings. The van der Waals surface area contributed by atoms with Crippen molar-refractivity contribution in [2.24, 2.45) is 11.7 Å². The van der Waals surface area contributed by atoms with E-state index >= 15 is 0 Å². The zero-order chi connectivity index (χ0) is 10.8. The van der Waals surface area contributed by atoms with Gasteiger partial charge in [0, 0.05) is 1.43 Å². The van der Waals surface area contributed by atoms with Crippen molar-refractivity contribution in [3.63, 3.8) is 0 Å². The molecule has 2 heteroatoms. The van der Waals surface area contributed by atoms with E-state index in [1.165, 1.54) is 32.1 Å². The third-order valence-electron chi connectivity index (χ3n) is 2.78. The number of rotatable bonds is 3. The highest BCUT2D eigenvalue weighted by Crippen LogP contribution is 2.27. The Hall–Kier alpha value is -0.550. The molecule has 1 aliphatic carbocycles. The van der Waals surface area contributed by atoms with Gasteiger partial charge < -0.3 is 5.73 Å². The fourth-order valence-electron chi connectivity index (χ4n) is 1.96. The average Bonchev–Trinajstić information content (AvgIpc) is 2.30. The first-order chi connectivity index (χ1) is 6.83. The van der Waals surface area contributed by atoms with Crippen molar-refractivity contribution in [3.05, 3.63) is 0 Å². The fourth-order valence-corrected chi connectivity index (χ4v) is 1.96. The quantitative estimate of drug-likeness (QED) is 0.755. The molecular weight excluding hydrogens is 172 g/mol. The van der Waals surface area contributed by atoms with E-state index in [0.29, 0.717) is 0 Å². The monoisotopic (exact) mass is 198 g/mol. The van der Waals surface area contributed by atoms with Gasteiger partial charge in [0.2, 0.25) is 0 Å². The lowest BCUT2D eigenvalue weighted by atomic mass is 9.85. The van der Waals surface area contributed by atoms with Crippen molar-refractivity contribution < 1.29 is 1.43 Å². The van der Waals surface area contributed by atoms with Crippen LogP contribution in [0.3, 0.4) is 0 Å². The van der Waals surface area contributed by atoms with E-state index in [-0.39, 0.29) is 7.47 Å². The summed E-state index contributed by atoms with van der Waals surface area (Å²) in [5.74, 6) is 0.859. The first-order valence-corrected chi connectivity index (χ1v) is 5.98. The van der Waals surface area contributed by atoms with Crippen molar-refractivity contribution in [2.45, 2.75) is 64.8 Å². The van der Waals surface area contributed by atoms with Crippen molar-refractivity contribution >= 4 is 0 Å². The number of nitrogens with two attached hydrogens (primary N) is 1. The van der Waals surface area contributed by atoms with Crippen molar-refractivity contribution in [2.75, 3.05) is 0 Å². The molecule has 0 heterocycles. The van der Waals surface area contributed by atoms with Crippen LogP contribution in [0.4, 0.5) is 0 Å². The van der Waals surface area contributed by atoms with Crippen molar-refractivity contribution in [1.29, 1.82) is 5.26 Å². The molecule has 0 amide bonds. The minimum atomic E-state index is -0.230. The zero-order valence-electron chi connectivity index (χ0n) is 9.63. The first kappa shape index (κ1) is 13.4. The largest absolute Gasteiger partial charge is 0.316 e. The lowest BCUT2D eigenvalue weighted by Crippen LogP contribution is -2.19. The molecule has 0 aliphatic heterocycles. The highest BCUT2D eigenvalue weighted by Gasteiger charge is 2.14. The van der Waals surface area contributed by atoms with Gasteiger partial charge in [-0.2, -0.15) is 5.26 Å². The fraction of sp³-hybridized carbons (Fsp3) is 0.917. The van der Waals surface area contributed by atoms with Gasteiger partial charge in [0.1, 0.15) is 0 Å². The number of nitriles is 1. The minimum absolute atomic E-state index is 0. The van der Waals surface area contributed by atoms with Gasteiger partial charge in [0.25, 0.3) is 0 Å². The second kappa shape index (κ2) is 9.02. The Morgan fingerprint density at radius 1 is 1.36 bits per heavy atom. The average molecular weight is 198 g/mol. The van der Waals surface area contributed by atoms with Gasteiger partial charge in [-0.05, 0) is 18.8 Å². The summed E-state index contributed by atoms with van der Waals surface area (Å²) in [7, 11) is 0. The Bertz CT molecular complexity index is 159. The van der Waals surface area contributed by atoms with Crippen LogP contribution in [0.25, 0.3) is 0 Å². The Morgan fingerprint density at radius 3 is 2.43 bits per heavy atom. The molecule has 14 heavy (non-hydrogen) atoms. The van der Waals surface area contributed by atoms with Crippen LogP contribution in [0, 0.1) is 17.2 Å². The predicted molar refractivity (Wildman–Crippen MR) is 62.9 cm³/mol. The summed E-state index contributed by atoms with van der Waals surface area (Å²) in [5, 5.41) is 8.49. The summed E-state index contributed by atoms with van der Waals surface area (Å²) in [6, 6.07) is 1.85. The molecule has 1 fully saturated rings. The van der Waals surface area contributed by atoms with Crippen LogP contribution in [-0.2, 0) is 0 Å². The molecular formula is C12H26N2. The normalized spacial score (nSPS) is 19.0. The number of hydrogen-bond acceptors (Lipinski definition) is 2. The second-order valence-electron chi connectivity index (χ2n) is 3.82. The smallest absolute Gasteiger partial charge is 0.0928 e. The van der Waals surface area contributed by atoms with Crippen LogP contribution in [0.2, 0.25) is 0 Å². The molecule has 1 unspecified atom stereocenters. The second-order valence-corrected chi connectivity index (χ2v) is 3.82. The Labute approximate surface area is 90.0 Å². The van der Waals surface area contributed by atoms with E-state index in [4.69, 9.17) is 11.0 Å². The van der Waals surface area contributed by atoms with E-state index in [0.717, 1.165) is 18.8 Å². The van der Waals surface area contributed by atoms with Gasteiger partial charge in [0.05, 0.1) is 12.1 Å². The molecule has 0 spiro atoms. The molecule has 1 atom stereocenters. The van der Waals surface area contributed by atoms with Crippen molar-refractivity contribution in [1.82, 2.24) is 0 Å². The van der Waals surface area contributed by atoms with E-state index in [2.05, 4.69) is 6.07 Å². The summed E-state index contributed by atoms with van der Waals surface area (Å²) in [5.41, 5.74) is 5.53. The van der Waals surface area contributed by atoms with E-state index in [1.54, 1.807) is 0 Å². The maximum atomic E-state index is 8.49.